The molecule has 0 aliphatic rings. The SMILES string of the molecule is CCOC(=O)c1[nH]nc(C(F)F)c1C(F)(F)F. The number of hydrogen-bond acceptors (Lipinski definition) is 3. The fourth-order valence-corrected chi connectivity index (χ4v) is 1.15. The van der Waals surface area contributed by atoms with Gasteiger partial charge in [-0.25, -0.2) is 13.6 Å². The van der Waals surface area contributed by atoms with E-state index in [2.05, 4.69) is 9.84 Å². The third-order valence-electron chi connectivity index (χ3n) is 1.76. The number of rotatable bonds is 3. The van der Waals surface area contributed by atoms with Crippen molar-refractivity contribution < 1.29 is 31.5 Å². The number of aromatic nitrogens is 2. The second-order valence-electron chi connectivity index (χ2n) is 2.88. The first-order valence-electron chi connectivity index (χ1n) is 4.39. The largest absolute Gasteiger partial charge is 0.461 e. The normalized spacial score (nSPS) is 11.9. The van der Waals surface area contributed by atoms with Crippen molar-refractivity contribution in [3.05, 3.63) is 17.0 Å². The van der Waals surface area contributed by atoms with Crippen molar-refractivity contribution in [3.63, 3.8) is 0 Å². The highest BCUT2D eigenvalue weighted by atomic mass is 19.4. The summed E-state index contributed by atoms with van der Waals surface area (Å²) in [7, 11) is 0. The smallest absolute Gasteiger partial charge is 0.420 e. The van der Waals surface area contributed by atoms with Gasteiger partial charge in [-0.3, -0.25) is 5.10 Å². The summed E-state index contributed by atoms with van der Waals surface area (Å²) in [6.07, 6.45) is -8.55. The van der Waals surface area contributed by atoms with Crippen LogP contribution in [0.25, 0.3) is 0 Å². The van der Waals surface area contributed by atoms with E-state index in [-0.39, 0.29) is 6.61 Å². The molecule has 0 amide bonds. The minimum atomic E-state index is -5.11. The lowest BCUT2D eigenvalue weighted by Crippen LogP contribution is -2.15. The highest BCUT2D eigenvalue weighted by Gasteiger charge is 2.43. The van der Waals surface area contributed by atoms with Gasteiger partial charge >= 0.3 is 12.1 Å². The Morgan fingerprint density at radius 1 is 1.47 bits per heavy atom. The van der Waals surface area contributed by atoms with E-state index in [9.17, 15) is 26.7 Å². The molecule has 0 saturated carbocycles. The maximum absolute atomic E-state index is 12.5. The molecule has 0 bridgehead atoms. The second-order valence-corrected chi connectivity index (χ2v) is 2.88. The van der Waals surface area contributed by atoms with E-state index in [1.807, 2.05) is 0 Å². The van der Waals surface area contributed by atoms with E-state index in [0.717, 1.165) is 0 Å². The Morgan fingerprint density at radius 3 is 2.47 bits per heavy atom. The summed E-state index contributed by atoms with van der Waals surface area (Å²) in [5, 5.41) is 4.41. The monoisotopic (exact) mass is 258 g/mol. The van der Waals surface area contributed by atoms with Crippen LogP contribution in [0.15, 0.2) is 0 Å². The van der Waals surface area contributed by atoms with Crippen molar-refractivity contribution in [1.82, 2.24) is 10.2 Å². The van der Waals surface area contributed by atoms with Crippen LogP contribution in [-0.4, -0.2) is 22.8 Å². The lowest BCUT2D eigenvalue weighted by molar-refractivity contribution is -0.140. The average Bonchev–Trinajstić information content (AvgIpc) is 2.61. The summed E-state index contributed by atoms with van der Waals surface area (Å²) < 4.78 is 66.4. The maximum Gasteiger partial charge on any atom is 0.420 e. The molecular formula is C8H7F5N2O2. The molecule has 9 heteroatoms. The van der Waals surface area contributed by atoms with E-state index in [0.29, 0.717) is 0 Å². The van der Waals surface area contributed by atoms with Crippen LogP contribution in [0.3, 0.4) is 0 Å². The van der Waals surface area contributed by atoms with Gasteiger partial charge < -0.3 is 4.74 Å². The fraction of sp³-hybridized carbons (Fsp3) is 0.500. The highest BCUT2D eigenvalue weighted by molar-refractivity contribution is 5.89. The molecule has 0 atom stereocenters. The summed E-state index contributed by atoms with van der Waals surface area (Å²) in [4.78, 5) is 11.1. The van der Waals surface area contributed by atoms with Crippen molar-refractivity contribution >= 4 is 5.97 Å². The number of alkyl halides is 5. The fourth-order valence-electron chi connectivity index (χ4n) is 1.15. The number of esters is 1. The van der Waals surface area contributed by atoms with E-state index in [4.69, 9.17) is 0 Å². The number of nitrogens with one attached hydrogen (secondary N) is 1. The topological polar surface area (TPSA) is 55.0 Å². The molecule has 1 heterocycles. The van der Waals surface area contributed by atoms with Crippen molar-refractivity contribution in [2.45, 2.75) is 19.5 Å². The Kier molecular flexibility index (Phi) is 3.69. The molecular weight excluding hydrogens is 251 g/mol. The zero-order valence-corrected chi connectivity index (χ0v) is 8.44. The van der Waals surface area contributed by atoms with Crippen LogP contribution in [0, 0.1) is 0 Å². The highest BCUT2D eigenvalue weighted by Crippen LogP contribution is 2.37. The molecule has 0 fully saturated rings. The number of halogens is 5. The number of H-pyrrole nitrogens is 1. The molecule has 0 unspecified atom stereocenters. The van der Waals surface area contributed by atoms with Gasteiger partial charge in [0.15, 0.2) is 5.69 Å². The Morgan fingerprint density at radius 2 is 2.06 bits per heavy atom. The van der Waals surface area contributed by atoms with Crippen LogP contribution in [-0.2, 0) is 10.9 Å². The van der Waals surface area contributed by atoms with Crippen LogP contribution < -0.4 is 0 Å². The molecule has 96 valence electrons. The lowest BCUT2D eigenvalue weighted by atomic mass is 10.1. The molecule has 1 aromatic rings. The van der Waals surface area contributed by atoms with Crippen LogP contribution in [0.1, 0.15) is 35.1 Å². The van der Waals surface area contributed by atoms with Gasteiger partial charge in [0.25, 0.3) is 6.43 Å². The third-order valence-corrected chi connectivity index (χ3v) is 1.76. The van der Waals surface area contributed by atoms with Gasteiger partial charge in [0.05, 0.1) is 6.61 Å². The summed E-state index contributed by atoms with van der Waals surface area (Å²) in [5.74, 6) is -1.38. The number of aromatic amines is 1. The lowest BCUT2D eigenvalue weighted by Gasteiger charge is -2.08. The molecule has 4 nitrogen and oxygen atoms in total. The molecule has 0 spiro atoms. The van der Waals surface area contributed by atoms with Crippen molar-refractivity contribution in [1.29, 1.82) is 0 Å². The Balaban J connectivity index is 3.28. The molecule has 0 aromatic carbocycles. The molecule has 17 heavy (non-hydrogen) atoms. The number of ether oxygens (including phenoxy) is 1. The Hall–Kier alpha value is -1.67. The predicted molar refractivity (Wildman–Crippen MR) is 44.5 cm³/mol. The number of carbonyl (C=O) groups is 1. The van der Waals surface area contributed by atoms with E-state index >= 15 is 0 Å². The van der Waals surface area contributed by atoms with Crippen LogP contribution in [0.5, 0.6) is 0 Å². The number of carbonyl (C=O) groups excluding carboxylic acids is 1. The Labute approximate surface area is 91.8 Å². The number of hydrogen-bond donors (Lipinski definition) is 1. The first-order valence-corrected chi connectivity index (χ1v) is 4.39. The summed E-state index contributed by atoms with van der Waals surface area (Å²) in [6.45, 7) is 1.19. The maximum atomic E-state index is 12.5. The van der Waals surface area contributed by atoms with Gasteiger partial charge in [-0.1, -0.05) is 0 Å². The van der Waals surface area contributed by atoms with Gasteiger partial charge in [0.1, 0.15) is 11.3 Å². The third kappa shape index (κ3) is 2.71. The zero-order valence-electron chi connectivity index (χ0n) is 8.44. The molecule has 1 N–H and O–H groups in total. The van der Waals surface area contributed by atoms with Crippen LogP contribution in [0.4, 0.5) is 22.0 Å². The summed E-state index contributed by atoms with van der Waals surface area (Å²) in [6, 6.07) is 0. The van der Waals surface area contributed by atoms with Gasteiger partial charge in [-0.05, 0) is 6.92 Å². The molecule has 1 aromatic heterocycles. The van der Waals surface area contributed by atoms with Crippen molar-refractivity contribution in [2.75, 3.05) is 6.61 Å². The molecule has 1 rings (SSSR count). The first-order chi connectivity index (χ1) is 7.79. The van der Waals surface area contributed by atoms with Crippen LogP contribution in [0.2, 0.25) is 0 Å². The van der Waals surface area contributed by atoms with E-state index in [1.54, 1.807) is 5.10 Å². The number of nitrogens with zero attached hydrogens (tertiary/aromatic N) is 1. The standard InChI is InChI=1S/C8H7F5N2O2/c1-2-17-7(16)5-3(8(11,12)13)4(6(9)10)14-15-5/h6H,2H2,1H3,(H,14,15). The Bertz CT molecular complexity index is 413. The first kappa shape index (κ1) is 13.4. The minimum Gasteiger partial charge on any atom is -0.461 e. The zero-order chi connectivity index (χ0) is 13.2. The van der Waals surface area contributed by atoms with E-state index in [1.165, 1.54) is 6.92 Å². The van der Waals surface area contributed by atoms with Crippen molar-refractivity contribution in [3.8, 4) is 0 Å². The summed E-state index contributed by atoms with van der Waals surface area (Å²) in [5.41, 5.74) is -4.42. The minimum absolute atomic E-state index is 0.181. The quantitative estimate of drug-likeness (QED) is 0.669. The van der Waals surface area contributed by atoms with Gasteiger partial charge in [-0.15, -0.1) is 0 Å². The van der Waals surface area contributed by atoms with Crippen LogP contribution >= 0.6 is 0 Å². The van der Waals surface area contributed by atoms with E-state index < -0.39 is 35.5 Å². The molecule has 0 radical (unpaired) electrons. The summed E-state index contributed by atoms with van der Waals surface area (Å²) >= 11 is 0. The average molecular weight is 258 g/mol. The van der Waals surface area contributed by atoms with Gasteiger partial charge in [0, 0.05) is 0 Å². The predicted octanol–water partition coefficient (Wildman–Crippen LogP) is 2.54. The van der Waals surface area contributed by atoms with Gasteiger partial charge in [-0.2, -0.15) is 18.3 Å². The van der Waals surface area contributed by atoms with Gasteiger partial charge in [0.2, 0.25) is 0 Å². The van der Waals surface area contributed by atoms with Crippen molar-refractivity contribution in [2.24, 2.45) is 0 Å². The second kappa shape index (κ2) is 4.68. The molecule has 0 aliphatic heterocycles. The molecule has 0 aliphatic carbocycles. The molecule has 0 saturated heterocycles.